The lowest BCUT2D eigenvalue weighted by Crippen LogP contribution is -2.13. The van der Waals surface area contributed by atoms with Crippen molar-refractivity contribution in [2.24, 2.45) is 0 Å². The number of nitrogens with one attached hydrogen (secondary N) is 1. The van der Waals surface area contributed by atoms with Crippen LogP contribution in [0.15, 0.2) is 57.2 Å². The third kappa shape index (κ3) is 4.90. The van der Waals surface area contributed by atoms with Gasteiger partial charge in [-0.15, -0.1) is 0 Å². The molecule has 0 spiro atoms. The van der Waals surface area contributed by atoms with Gasteiger partial charge in [0.15, 0.2) is 0 Å². The molecule has 0 saturated heterocycles. The Kier molecular flexibility index (Phi) is 5.27. The Labute approximate surface area is 148 Å². The van der Waals surface area contributed by atoms with Gasteiger partial charge in [-0.05, 0) is 42.5 Å². The molecule has 2 aromatic carbocycles. The van der Waals surface area contributed by atoms with Crippen molar-refractivity contribution in [3.63, 3.8) is 0 Å². The molecule has 141 valence electrons. The van der Waals surface area contributed by atoms with Crippen LogP contribution < -0.4 is 10.9 Å². The summed E-state index contributed by atoms with van der Waals surface area (Å²) in [6, 6.07) is 6.82. The predicted molar refractivity (Wildman–Crippen MR) is 87.7 cm³/mol. The Morgan fingerprint density at radius 1 is 0.692 bits per heavy atom. The Hall–Kier alpha value is -2.23. The van der Waals surface area contributed by atoms with E-state index in [1.54, 1.807) is 0 Å². The van der Waals surface area contributed by atoms with E-state index in [0.717, 1.165) is 24.3 Å². The molecule has 0 aliphatic heterocycles. The van der Waals surface area contributed by atoms with E-state index >= 15 is 0 Å². The van der Waals surface area contributed by atoms with Crippen molar-refractivity contribution in [3.8, 4) is 0 Å². The Bertz CT molecular complexity index is 1140. The second kappa shape index (κ2) is 6.82. The molecule has 0 bridgehead atoms. The second-order valence-electron chi connectivity index (χ2n) is 4.80. The maximum atomic E-state index is 11.4. The molecular weight excluding hydrogens is 412 g/mol. The Balaban J connectivity index is 2.32. The Morgan fingerprint density at radius 3 is 1.65 bits per heavy atom. The summed E-state index contributed by atoms with van der Waals surface area (Å²) in [5, 5.41) is 0. The Morgan fingerprint density at radius 2 is 1.19 bits per heavy atom. The molecular formula is C12H11N2O9S3. The molecule has 26 heavy (non-hydrogen) atoms. The summed E-state index contributed by atoms with van der Waals surface area (Å²) in [6.07, 6.45) is 0. The molecule has 0 atom stereocenters. The lowest BCUT2D eigenvalue weighted by Gasteiger charge is -2.11. The van der Waals surface area contributed by atoms with E-state index in [1.165, 1.54) is 12.1 Å². The molecule has 4 N–H and O–H groups in total. The zero-order valence-electron chi connectivity index (χ0n) is 12.5. The number of hydrogen-bond acceptors (Lipinski definition) is 7. The van der Waals surface area contributed by atoms with E-state index in [0.29, 0.717) is 6.07 Å². The number of benzene rings is 2. The molecule has 2 aromatic rings. The van der Waals surface area contributed by atoms with E-state index in [4.69, 9.17) is 9.11 Å². The first-order chi connectivity index (χ1) is 11.8. The van der Waals surface area contributed by atoms with Crippen molar-refractivity contribution in [1.82, 2.24) is 5.43 Å². The van der Waals surface area contributed by atoms with Crippen molar-refractivity contribution in [2.45, 2.75) is 14.7 Å². The standard InChI is InChI=1S/C12H11N2O9S3/c15-24(16,17)9-3-1-8(2-4-9)13-14-11-6-5-10(25(18,19)20)7-12(11)26(21,22)23/h1-7,14H,(H,15,16,17)(H,18,19,20)(H,21,22,23). The van der Waals surface area contributed by atoms with Gasteiger partial charge in [0.2, 0.25) is 0 Å². The number of hydrogen-bond donors (Lipinski definition) is 4. The first-order valence-corrected chi connectivity index (χ1v) is 10.7. The fraction of sp³-hybridized carbons (Fsp3) is 0. The molecule has 0 aliphatic carbocycles. The highest BCUT2D eigenvalue weighted by Gasteiger charge is 2.20. The average Bonchev–Trinajstić information content (AvgIpc) is 2.50. The van der Waals surface area contributed by atoms with Crippen LogP contribution in [0.4, 0.5) is 11.4 Å². The van der Waals surface area contributed by atoms with Crippen molar-refractivity contribution in [3.05, 3.63) is 42.5 Å². The van der Waals surface area contributed by atoms with E-state index < -0.39 is 40.1 Å². The lowest BCUT2D eigenvalue weighted by atomic mass is 10.3. The van der Waals surface area contributed by atoms with Gasteiger partial charge >= 0.3 is 0 Å². The summed E-state index contributed by atoms with van der Waals surface area (Å²) in [4.78, 5) is -1.99. The summed E-state index contributed by atoms with van der Waals surface area (Å²) in [5.74, 6) is 0. The maximum absolute atomic E-state index is 11.4. The third-order valence-electron chi connectivity index (χ3n) is 2.97. The zero-order chi connectivity index (χ0) is 19.8. The average molecular weight is 423 g/mol. The van der Waals surface area contributed by atoms with Crippen molar-refractivity contribution in [1.29, 1.82) is 0 Å². The first kappa shape index (κ1) is 20.1. The first-order valence-electron chi connectivity index (χ1n) is 6.42. The van der Waals surface area contributed by atoms with Gasteiger partial charge in [-0.3, -0.25) is 19.1 Å². The zero-order valence-corrected chi connectivity index (χ0v) is 15.0. The van der Waals surface area contributed by atoms with Crippen LogP contribution >= 0.6 is 0 Å². The van der Waals surface area contributed by atoms with E-state index in [1.807, 2.05) is 0 Å². The van der Waals surface area contributed by atoms with Gasteiger partial charge in [0.05, 0.1) is 21.2 Å². The highest BCUT2D eigenvalue weighted by molar-refractivity contribution is 7.86. The molecule has 0 saturated carbocycles. The minimum Gasteiger partial charge on any atom is -0.282 e. The van der Waals surface area contributed by atoms with E-state index in [9.17, 15) is 29.8 Å². The van der Waals surface area contributed by atoms with Gasteiger partial charge in [-0.25, -0.2) is 0 Å². The molecule has 0 aromatic heterocycles. The van der Waals surface area contributed by atoms with Crippen molar-refractivity contribution < 1.29 is 38.9 Å². The van der Waals surface area contributed by atoms with Gasteiger partial charge in [-0.1, -0.05) is 0 Å². The summed E-state index contributed by atoms with van der Waals surface area (Å²) >= 11 is 0. The largest absolute Gasteiger partial charge is 0.296 e. The summed E-state index contributed by atoms with van der Waals surface area (Å²) in [5.41, 5.74) is 5.84. The van der Waals surface area contributed by atoms with Crippen LogP contribution in [0.25, 0.3) is 0 Å². The summed E-state index contributed by atoms with van der Waals surface area (Å²) in [6.45, 7) is 0. The maximum Gasteiger partial charge on any atom is 0.296 e. The van der Waals surface area contributed by atoms with Crippen LogP contribution in [-0.2, 0) is 30.4 Å². The fourth-order valence-corrected chi connectivity index (χ4v) is 3.52. The minimum atomic E-state index is -4.86. The molecule has 0 amide bonds. The fourth-order valence-electron chi connectivity index (χ4n) is 1.79. The van der Waals surface area contributed by atoms with E-state index in [-0.39, 0.29) is 16.3 Å². The minimum absolute atomic E-state index is 0.123. The van der Waals surface area contributed by atoms with Crippen LogP contribution in [0.5, 0.6) is 0 Å². The van der Waals surface area contributed by atoms with Crippen LogP contribution in [0.1, 0.15) is 0 Å². The quantitative estimate of drug-likeness (QED) is 0.380. The van der Waals surface area contributed by atoms with Crippen molar-refractivity contribution in [2.75, 3.05) is 5.43 Å². The number of nitrogens with zero attached hydrogens (tertiary/aromatic N) is 1. The third-order valence-corrected chi connectivity index (χ3v) is 5.58. The van der Waals surface area contributed by atoms with E-state index in [2.05, 4.69) is 10.9 Å². The smallest absolute Gasteiger partial charge is 0.282 e. The second-order valence-corrected chi connectivity index (χ2v) is 9.03. The van der Waals surface area contributed by atoms with Crippen LogP contribution in [0.3, 0.4) is 0 Å². The topological polar surface area (TPSA) is 189 Å². The molecule has 2 rings (SSSR count). The summed E-state index contributed by atoms with van der Waals surface area (Å²) in [7, 11) is -13.9. The molecule has 0 unspecified atom stereocenters. The van der Waals surface area contributed by atoms with Gasteiger partial charge in [0.1, 0.15) is 4.90 Å². The molecule has 0 fully saturated rings. The SMILES string of the molecule is O=S(=O)(O)c1ccc([N]Nc2ccc(S(=O)(=O)O)cc2S(=O)(=O)O)cc1. The lowest BCUT2D eigenvalue weighted by molar-refractivity contribution is 0.479. The van der Waals surface area contributed by atoms with Gasteiger partial charge in [0.25, 0.3) is 30.4 Å². The highest BCUT2D eigenvalue weighted by atomic mass is 32.2. The number of rotatable bonds is 6. The van der Waals surface area contributed by atoms with Crippen molar-refractivity contribution >= 4 is 41.7 Å². The summed E-state index contributed by atoms with van der Waals surface area (Å²) < 4.78 is 93.9. The van der Waals surface area contributed by atoms with Gasteiger partial charge in [0, 0.05) is 0 Å². The molecule has 0 heterocycles. The van der Waals surface area contributed by atoms with Gasteiger partial charge in [-0.2, -0.15) is 30.7 Å². The molecule has 1 radical (unpaired) electrons. The molecule has 11 nitrogen and oxygen atoms in total. The van der Waals surface area contributed by atoms with Gasteiger partial charge < -0.3 is 0 Å². The normalized spacial score (nSPS) is 12.6. The highest BCUT2D eigenvalue weighted by Crippen LogP contribution is 2.25. The molecule has 14 heteroatoms. The number of anilines is 1. The van der Waals surface area contributed by atoms with Crippen LogP contribution in [0, 0.1) is 0 Å². The molecule has 0 aliphatic rings. The monoisotopic (exact) mass is 423 g/mol. The van der Waals surface area contributed by atoms with Crippen LogP contribution in [-0.4, -0.2) is 38.9 Å². The van der Waals surface area contributed by atoms with Crippen LogP contribution in [0.2, 0.25) is 0 Å². The predicted octanol–water partition coefficient (Wildman–Crippen LogP) is 0.690.